The Morgan fingerprint density at radius 3 is 2.50 bits per heavy atom. The van der Waals surface area contributed by atoms with Gasteiger partial charge in [0.15, 0.2) is 6.29 Å². The van der Waals surface area contributed by atoms with E-state index in [0.717, 1.165) is 0 Å². The highest BCUT2D eigenvalue weighted by atomic mass is 15.6. The van der Waals surface area contributed by atoms with Gasteiger partial charge < -0.3 is 14.7 Å². The molecular weight excluding hydrogens is 174 g/mol. The number of nitrogens with zero attached hydrogens (tertiary/aromatic N) is 3. The molecule has 2 aliphatic heterocycles. The summed E-state index contributed by atoms with van der Waals surface area (Å²) < 4.78 is 0. The fraction of sp³-hybridized carbons (Fsp3) is 0.273. The third kappa shape index (κ3) is 0.769. The van der Waals surface area contributed by atoms with Crippen molar-refractivity contribution in [2.45, 2.75) is 6.29 Å². The Labute approximate surface area is 83.8 Å². The van der Waals surface area contributed by atoms with Crippen LogP contribution in [0.3, 0.4) is 0 Å². The second kappa shape index (κ2) is 2.44. The van der Waals surface area contributed by atoms with E-state index in [0.29, 0.717) is 6.29 Å². The molecule has 0 fully saturated rings. The summed E-state index contributed by atoms with van der Waals surface area (Å²) in [5, 5.41) is 0. The van der Waals surface area contributed by atoms with Gasteiger partial charge in [0.1, 0.15) is 0 Å². The Morgan fingerprint density at radius 1 is 1.00 bits per heavy atom. The number of rotatable bonds is 0. The van der Waals surface area contributed by atoms with Crippen molar-refractivity contribution in [2.75, 3.05) is 23.9 Å². The maximum Gasteiger partial charge on any atom is 0.184 e. The molecule has 0 N–H and O–H groups in total. The summed E-state index contributed by atoms with van der Waals surface area (Å²) in [6.07, 6.45) is 4.57. The Hall–Kier alpha value is -1.64. The lowest BCUT2D eigenvalue weighted by atomic mass is 10.2. The van der Waals surface area contributed by atoms with E-state index in [-0.39, 0.29) is 0 Å². The molecule has 0 amide bonds. The standard InChI is InChI=1S/C11H13N3/c1-12-7-8-14-10-6-4-3-5-9(10)13(2)11(12)14/h3-8,11H,1-2H3. The maximum atomic E-state index is 2.29. The van der Waals surface area contributed by atoms with Crippen LogP contribution in [0.25, 0.3) is 0 Å². The normalized spacial score (nSPS) is 23.0. The highest BCUT2D eigenvalue weighted by Gasteiger charge is 2.36. The molecule has 2 heterocycles. The first-order valence-corrected chi connectivity index (χ1v) is 4.79. The van der Waals surface area contributed by atoms with Crippen LogP contribution in [-0.2, 0) is 0 Å². The maximum absolute atomic E-state index is 2.29. The van der Waals surface area contributed by atoms with E-state index in [1.165, 1.54) is 11.4 Å². The summed E-state index contributed by atoms with van der Waals surface area (Å²) in [5.74, 6) is 0. The third-order valence-corrected chi connectivity index (χ3v) is 2.96. The van der Waals surface area contributed by atoms with Gasteiger partial charge in [-0.05, 0) is 12.1 Å². The van der Waals surface area contributed by atoms with Gasteiger partial charge >= 0.3 is 0 Å². The van der Waals surface area contributed by atoms with Gasteiger partial charge in [0, 0.05) is 26.5 Å². The Kier molecular flexibility index (Phi) is 1.35. The van der Waals surface area contributed by atoms with Crippen molar-refractivity contribution >= 4 is 11.4 Å². The molecule has 1 unspecified atom stereocenters. The topological polar surface area (TPSA) is 9.72 Å². The first-order chi connectivity index (χ1) is 6.79. The molecule has 3 nitrogen and oxygen atoms in total. The van der Waals surface area contributed by atoms with Crippen LogP contribution in [0.2, 0.25) is 0 Å². The molecule has 1 aromatic carbocycles. The van der Waals surface area contributed by atoms with E-state index < -0.39 is 0 Å². The van der Waals surface area contributed by atoms with Crippen LogP contribution < -0.4 is 9.80 Å². The highest BCUT2D eigenvalue weighted by molar-refractivity contribution is 5.78. The van der Waals surface area contributed by atoms with Crippen LogP contribution in [0.1, 0.15) is 0 Å². The van der Waals surface area contributed by atoms with Gasteiger partial charge in [-0.15, -0.1) is 0 Å². The molecule has 0 aliphatic carbocycles. The average Bonchev–Trinajstić information content (AvgIpc) is 2.70. The number of hydrogen-bond donors (Lipinski definition) is 0. The lowest BCUT2D eigenvalue weighted by molar-refractivity contribution is 0.365. The summed E-state index contributed by atoms with van der Waals surface area (Å²) in [5.41, 5.74) is 2.59. The minimum absolute atomic E-state index is 0.326. The zero-order valence-corrected chi connectivity index (χ0v) is 8.38. The predicted molar refractivity (Wildman–Crippen MR) is 58.0 cm³/mol. The van der Waals surface area contributed by atoms with Gasteiger partial charge in [0.2, 0.25) is 0 Å². The first-order valence-electron chi connectivity index (χ1n) is 4.79. The van der Waals surface area contributed by atoms with Gasteiger partial charge in [-0.1, -0.05) is 12.1 Å². The van der Waals surface area contributed by atoms with Gasteiger partial charge in [0.05, 0.1) is 11.4 Å². The Balaban J connectivity index is 2.15. The SMILES string of the molecule is CN1C=CN2c3ccccc3N(C)C12. The fourth-order valence-electron chi connectivity index (χ4n) is 2.30. The van der Waals surface area contributed by atoms with E-state index in [4.69, 9.17) is 0 Å². The highest BCUT2D eigenvalue weighted by Crippen LogP contribution is 2.41. The van der Waals surface area contributed by atoms with Crippen LogP contribution in [0.4, 0.5) is 11.4 Å². The molecule has 3 rings (SSSR count). The number of anilines is 2. The smallest absolute Gasteiger partial charge is 0.184 e. The monoisotopic (exact) mass is 187 g/mol. The molecule has 2 aliphatic rings. The molecule has 0 bridgehead atoms. The number of hydrogen-bond acceptors (Lipinski definition) is 3. The van der Waals surface area contributed by atoms with Crippen LogP contribution >= 0.6 is 0 Å². The second-order valence-electron chi connectivity index (χ2n) is 3.82. The molecule has 0 aromatic heterocycles. The minimum Gasteiger partial charge on any atom is -0.342 e. The van der Waals surface area contributed by atoms with Crippen LogP contribution in [0, 0.1) is 0 Å². The van der Waals surface area contributed by atoms with Crippen molar-refractivity contribution in [2.24, 2.45) is 0 Å². The molecule has 0 spiro atoms. The predicted octanol–water partition coefficient (Wildman–Crippen LogP) is 1.64. The summed E-state index contributed by atoms with van der Waals surface area (Å²) >= 11 is 0. The summed E-state index contributed by atoms with van der Waals surface area (Å²) in [6.45, 7) is 0. The van der Waals surface area contributed by atoms with Crippen LogP contribution in [0.15, 0.2) is 36.7 Å². The van der Waals surface area contributed by atoms with Crippen LogP contribution in [0.5, 0.6) is 0 Å². The van der Waals surface area contributed by atoms with Gasteiger partial charge in [-0.25, -0.2) is 0 Å². The van der Waals surface area contributed by atoms with E-state index in [1.807, 2.05) is 0 Å². The largest absolute Gasteiger partial charge is 0.342 e. The Morgan fingerprint density at radius 2 is 1.71 bits per heavy atom. The number of para-hydroxylation sites is 2. The summed E-state index contributed by atoms with van der Waals surface area (Å²) in [4.78, 5) is 6.78. The summed E-state index contributed by atoms with van der Waals surface area (Å²) in [7, 11) is 4.23. The number of fused-ring (bicyclic) bond motifs is 3. The Bertz CT molecular complexity index is 399. The third-order valence-electron chi connectivity index (χ3n) is 2.96. The van der Waals surface area contributed by atoms with Crippen molar-refractivity contribution in [3.63, 3.8) is 0 Å². The lowest BCUT2D eigenvalue weighted by Crippen LogP contribution is -2.44. The van der Waals surface area contributed by atoms with E-state index >= 15 is 0 Å². The van der Waals surface area contributed by atoms with Crippen molar-refractivity contribution in [3.05, 3.63) is 36.7 Å². The number of benzene rings is 1. The molecule has 0 saturated carbocycles. The molecule has 14 heavy (non-hydrogen) atoms. The van der Waals surface area contributed by atoms with Gasteiger partial charge in [-0.2, -0.15) is 0 Å². The molecule has 1 aromatic rings. The first kappa shape index (κ1) is 7.74. The second-order valence-corrected chi connectivity index (χ2v) is 3.82. The average molecular weight is 187 g/mol. The molecule has 3 heteroatoms. The van der Waals surface area contributed by atoms with Crippen LogP contribution in [-0.4, -0.2) is 25.3 Å². The minimum atomic E-state index is 0.326. The van der Waals surface area contributed by atoms with E-state index in [2.05, 4.69) is 65.5 Å². The zero-order chi connectivity index (χ0) is 9.71. The summed E-state index contributed by atoms with van der Waals surface area (Å²) in [6, 6.07) is 8.49. The molecule has 0 radical (unpaired) electrons. The molecule has 1 atom stereocenters. The van der Waals surface area contributed by atoms with Gasteiger partial charge in [-0.3, -0.25) is 0 Å². The molecule has 72 valence electrons. The fourth-order valence-corrected chi connectivity index (χ4v) is 2.30. The van der Waals surface area contributed by atoms with Crippen molar-refractivity contribution < 1.29 is 0 Å². The quantitative estimate of drug-likeness (QED) is 0.611. The molecule has 0 saturated heterocycles. The molecular formula is C11H13N3. The van der Waals surface area contributed by atoms with Gasteiger partial charge in [0.25, 0.3) is 0 Å². The van der Waals surface area contributed by atoms with E-state index in [9.17, 15) is 0 Å². The van der Waals surface area contributed by atoms with Crippen molar-refractivity contribution in [1.29, 1.82) is 0 Å². The van der Waals surface area contributed by atoms with Crippen molar-refractivity contribution in [3.8, 4) is 0 Å². The lowest BCUT2D eigenvalue weighted by Gasteiger charge is -2.29. The zero-order valence-electron chi connectivity index (χ0n) is 8.38. The van der Waals surface area contributed by atoms with E-state index in [1.54, 1.807) is 0 Å². The van der Waals surface area contributed by atoms with Crippen molar-refractivity contribution in [1.82, 2.24) is 4.90 Å².